The van der Waals surface area contributed by atoms with Gasteiger partial charge in [0.05, 0.1) is 23.9 Å². The van der Waals surface area contributed by atoms with E-state index in [1.807, 2.05) is 5.38 Å². The van der Waals surface area contributed by atoms with Crippen molar-refractivity contribution in [3.8, 4) is 0 Å². The van der Waals surface area contributed by atoms with E-state index in [1.54, 1.807) is 16.2 Å². The molecule has 1 amide bonds. The summed E-state index contributed by atoms with van der Waals surface area (Å²) in [7, 11) is 0. The Hall–Kier alpha value is -1.98. The number of piperidine rings is 1. The van der Waals surface area contributed by atoms with Crippen LogP contribution in [0.15, 0.2) is 11.4 Å². The van der Waals surface area contributed by atoms with Crippen LogP contribution in [-0.4, -0.2) is 51.9 Å². The summed E-state index contributed by atoms with van der Waals surface area (Å²) in [4.78, 5) is 19.3. The first kappa shape index (κ1) is 29.5. The second-order valence-electron chi connectivity index (χ2n) is 11.7. The number of nitrogens with zero attached hydrogens (tertiary/aromatic N) is 4. The molecule has 2 unspecified atom stereocenters. The van der Waals surface area contributed by atoms with Crippen LogP contribution in [-0.2, 0) is 27.0 Å². The number of carbonyl (C=O) groups is 1. The Morgan fingerprint density at radius 2 is 1.57 bits per heavy atom. The number of thiazole rings is 1. The molecule has 2 aliphatic heterocycles. The largest absolute Gasteiger partial charge is 0.433 e. The van der Waals surface area contributed by atoms with Crippen LogP contribution in [0.5, 0.6) is 0 Å². The predicted octanol–water partition coefficient (Wildman–Crippen LogP) is 6.88. The number of halogens is 3. The van der Waals surface area contributed by atoms with Gasteiger partial charge in [-0.25, -0.2) is 4.98 Å². The van der Waals surface area contributed by atoms with Crippen LogP contribution in [0, 0.1) is 18.8 Å². The molecule has 4 heterocycles. The van der Waals surface area contributed by atoms with Crippen LogP contribution < -0.4 is 0 Å². The topological polar surface area (TPSA) is 69.5 Å². The van der Waals surface area contributed by atoms with Gasteiger partial charge >= 0.3 is 6.18 Å². The van der Waals surface area contributed by atoms with Crippen LogP contribution in [0.2, 0.25) is 0 Å². The molecule has 2 aromatic heterocycles. The molecule has 1 aliphatic carbocycles. The first-order valence-electron chi connectivity index (χ1n) is 14.9. The molecule has 40 heavy (non-hydrogen) atoms. The minimum atomic E-state index is -4.54. The summed E-state index contributed by atoms with van der Waals surface area (Å²) in [5.74, 6) is 0.946. The first-order chi connectivity index (χ1) is 19.3. The predicted molar refractivity (Wildman–Crippen MR) is 146 cm³/mol. The number of amides is 1. The lowest BCUT2D eigenvalue weighted by molar-refractivity contribution is -0.146. The summed E-state index contributed by atoms with van der Waals surface area (Å²) in [6, 6.07) is 0.974. The molecule has 2 atom stereocenters. The monoisotopic (exact) mass is 582 g/mol. The minimum absolute atomic E-state index is 0.206. The van der Waals surface area contributed by atoms with Crippen molar-refractivity contribution in [2.24, 2.45) is 11.8 Å². The van der Waals surface area contributed by atoms with Crippen LogP contribution in [0.3, 0.4) is 0 Å². The molecule has 0 N–H and O–H groups in total. The average Bonchev–Trinajstić information content (AvgIpc) is 3.49. The Bertz CT molecular complexity index is 1090. The van der Waals surface area contributed by atoms with Crippen molar-refractivity contribution in [2.45, 2.75) is 102 Å². The fraction of sp³-hybridized carbons (Fsp3) is 0.759. The standard InChI is InChI=1S/C29H41F3N4O3S/c1-20-15-25(29(30,31)32)36(34-20)16-26(37)35-13-11-21(12-14-35)27-33-24(19-40-27)28-38-17-22-9-7-5-3-2-4-6-8-10-23(22)18-39-28/h15,19,21-23,28H,2-14,16-18H2,1H3. The molecule has 3 fully saturated rings. The number of aromatic nitrogens is 3. The number of carbonyl (C=O) groups excluding carboxylic acids is 1. The number of hydrogen-bond donors (Lipinski definition) is 0. The van der Waals surface area contributed by atoms with E-state index in [0.717, 1.165) is 34.3 Å². The molecule has 3 aliphatic rings. The normalized spacial score (nSPS) is 26.1. The summed E-state index contributed by atoms with van der Waals surface area (Å²) in [5.41, 5.74) is 0.178. The minimum Gasteiger partial charge on any atom is -0.347 e. The highest BCUT2D eigenvalue weighted by molar-refractivity contribution is 7.09. The third-order valence-electron chi connectivity index (χ3n) is 8.70. The van der Waals surface area contributed by atoms with Crippen LogP contribution >= 0.6 is 11.3 Å². The van der Waals surface area contributed by atoms with E-state index in [1.165, 1.54) is 64.7 Å². The highest BCUT2D eigenvalue weighted by Gasteiger charge is 2.37. The van der Waals surface area contributed by atoms with Crippen LogP contribution in [0.4, 0.5) is 13.2 Å². The average molecular weight is 583 g/mol. The van der Waals surface area contributed by atoms with Gasteiger partial charge in [0.15, 0.2) is 0 Å². The molecular weight excluding hydrogens is 541 g/mol. The van der Waals surface area contributed by atoms with E-state index in [0.29, 0.717) is 38.1 Å². The lowest BCUT2D eigenvalue weighted by Crippen LogP contribution is -2.40. The Morgan fingerprint density at radius 1 is 0.975 bits per heavy atom. The number of rotatable bonds is 4. The van der Waals surface area contributed by atoms with E-state index in [4.69, 9.17) is 14.5 Å². The van der Waals surface area contributed by atoms with Gasteiger partial charge in [0.1, 0.15) is 17.9 Å². The molecule has 222 valence electrons. The zero-order valence-electron chi connectivity index (χ0n) is 23.3. The van der Waals surface area contributed by atoms with Gasteiger partial charge in [-0.3, -0.25) is 9.48 Å². The van der Waals surface area contributed by atoms with Crippen molar-refractivity contribution in [1.82, 2.24) is 19.7 Å². The highest BCUT2D eigenvalue weighted by atomic mass is 32.1. The summed E-state index contributed by atoms with van der Waals surface area (Å²) < 4.78 is 53.2. The first-order valence-corrected chi connectivity index (χ1v) is 15.7. The van der Waals surface area contributed by atoms with Crippen molar-refractivity contribution >= 4 is 17.2 Å². The third kappa shape index (κ3) is 7.45. The molecule has 0 spiro atoms. The van der Waals surface area contributed by atoms with Gasteiger partial charge in [-0.05, 0) is 50.5 Å². The Kier molecular flexibility index (Phi) is 9.84. The van der Waals surface area contributed by atoms with E-state index in [-0.39, 0.29) is 17.5 Å². The summed E-state index contributed by atoms with van der Waals surface area (Å²) in [6.07, 6.45) is 8.07. The number of ether oxygens (including phenoxy) is 2. The van der Waals surface area contributed by atoms with Crippen molar-refractivity contribution < 1.29 is 27.4 Å². The number of fused-ring (bicyclic) bond motifs is 1. The fourth-order valence-electron chi connectivity index (χ4n) is 6.34. The fourth-order valence-corrected chi connectivity index (χ4v) is 7.33. The Balaban J connectivity index is 1.14. The van der Waals surface area contributed by atoms with Gasteiger partial charge in [-0.15, -0.1) is 11.3 Å². The summed E-state index contributed by atoms with van der Waals surface area (Å²) in [5, 5.41) is 6.93. The van der Waals surface area contributed by atoms with Gasteiger partial charge in [-0.1, -0.05) is 44.9 Å². The molecule has 0 aromatic carbocycles. The van der Waals surface area contributed by atoms with Gasteiger partial charge < -0.3 is 14.4 Å². The maximum absolute atomic E-state index is 13.3. The maximum atomic E-state index is 13.3. The molecule has 7 nitrogen and oxygen atoms in total. The summed E-state index contributed by atoms with van der Waals surface area (Å²) >= 11 is 1.60. The van der Waals surface area contributed by atoms with Gasteiger partial charge in [0, 0.05) is 24.4 Å². The van der Waals surface area contributed by atoms with Gasteiger partial charge in [0.2, 0.25) is 12.2 Å². The molecule has 0 bridgehead atoms. The third-order valence-corrected chi connectivity index (χ3v) is 9.72. The van der Waals surface area contributed by atoms with Crippen molar-refractivity contribution in [1.29, 1.82) is 0 Å². The Labute approximate surface area is 238 Å². The molecule has 5 rings (SSSR count). The number of alkyl halides is 3. The highest BCUT2D eigenvalue weighted by Crippen LogP contribution is 2.37. The molecule has 2 saturated heterocycles. The quantitative estimate of drug-likeness (QED) is 0.393. The molecule has 2 aromatic rings. The van der Waals surface area contributed by atoms with E-state index < -0.39 is 24.7 Å². The summed E-state index contributed by atoms with van der Waals surface area (Å²) in [6.45, 7) is 3.49. The van der Waals surface area contributed by atoms with Crippen molar-refractivity contribution in [3.05, 3.63) is 33.5 Å². The van der Waals surface area contributed by atoms with E-state index in [2.05, 4.69) is 5.10 Å². The van der Waals surface area contributed by atoms with Crippen molar-refractivity contribution in [3.63, 3.8) is 0 Å². The zero-order valence-corrected chi connectivity index (χ0v) is 24.2. The van der Waals surface area contributed by atoms with Crippen LogP contribution in [0.1, 0.15) is 105 Å². The van der Waals surface area contributed by atoms with E-state index in [9.17, 15) is 18.0 Å². The molecular formula is C29H41F3N4O3S. The van der Waals surface area contributed by atoms with E-state index >= 15 is 0 Å². The second-order valence-corrected chi connectivity index (χ2v) is 12.6. The Morgan fingerprint density at radius 3 is 2.17 bits per heavy atom. The molecule has 1 saturated carbocycles. The van der Waals surface area contributed by atoms with Gasteiger partial charge in [-0.2, -0.15) is 18.3 Å². The number of likely N-dealkylation sites (tertiary alicyclic amines) is 1. The maximum Gasteiger partial charge on any atom is 0.433 e. The second kappa shape index (κ2) is 13.3. The van der Waals surface area contributed by atoms with Crippen molar-refractivity contribution in [2.75, 3.05) is 26.3 Å². The van der Waals surface area contributed by atoms with Crippen LogP contribution in [0.25, 0.3) is 0 Å². The SMILES string of the molecule is Cc1cc(C(F)(F)F)n(CC(=O)N2CCC(c3nc(C4OCC5CCCCCCCCCC5CO4)cs3)CC2)n1. The smallest absolute Gasteiger partial charge is 0.347 e. The lowest BCUT2D eigenvalue weighted by Gasteiger charge is -2.31. The molecule has 11 heteroatoms. The number of aryl methyl sites for hydroxylation is 1. The lowest BCUT2D eigenvalue weighted by atomic mass is 9.85. The number of hydrogen-bond acceptors (Lipinski definition) is 6. The zero-order chi connectivity index (χ0) is 28.1. The molecule has 0 radical (unpaired) electrons. The van der Waals surface area contributed by atoms with Gasteiger partial charge in [0.25, 0.3) is 0 Å².